The van der Waals surface area contributed by atoms with Crippen LogP contribution in [-0.4, -0.2) is 35.3 Å². The van der Waals surface area contributed by atoms with E-state index in [0.29, 0.717) is 47.1 Å². The first kappa shape index (κ1) is 19.7. The minimum atomic E-state index is -0.434. The van der Waals surface area contributed by atoms with E-state index in [9.17, 15) is 14.4 Å². The van der Waals surface area contributed by atoms with Gasteiger partial charge in [-0.3, -0.25) is 19.7 Å². The van der Waals surface area contributed by atoms with Crippen molar-refractivity contribution in [1.82, 2.24) is 4.98 Å². The number of benzene rings is 1. The van der Waals surface area contributed by atoms with Gasteiger partial charge >= 0.3 is 0 Å². The molecule has 1 aliphatic carbocycles. The van der Waals surface area contributed by atoms with E-state index in [-0.39, 0.29) is 23.0 Å². The number of carbonyl (C=O) groups is 3. The molecule has 2 aliphatic rings. The summed E-state index contributed by atoms with van der Waals surface area (Å²) in [6, 6.07) is 6.72. The molecule has 0 unspecified atom stereocenters. The van der Waals surface area contributed by atoms with Crippen LogP contribution < -0.4 is 10.6 Å². The Balaban J connectivity index is 1.45. The third-order valence-corrected chi connectivity index (χ3v) is 6.12. The molecule has 1 aromatic carbocycles. The lowest BCUT2D eigenvalue weighted by atomic mass is 9.78. The van der Waals surface area contributed by atoms with Crippen LogP contribution in [0.4, 0.5) is 10.8 Å². The molecule has 2 amide bonds. The third-order valence-electron chi connectivity index (χ3n) is 5.07. The first-order valence-corrected chi connectivity index (χ1v) is 10.5. The molecule has 2 heterocycles. The molecule has 2 aromatic rings. The fraction of sp³-hybridized carbons (Fsp3) is 0.429. The largest absolute Gasteiger partial charge is 0.368 e. The monoisotopic (exact) mass is 413 g/mol. The van der Waals surface area contributed by atoms with Crippen LogP contribution in [0.1, 0.15) is 58.8 Å². The molecule has 29 heavy (non-hydrogen) atoms. The van der Waals surface area contributed by atoms with Crippen molar-refractivity contribution in [1.29, 1.82) is 0 Å². The topological polar surface area (TPSA) is 97.4 Å². The van der Waals surface area contributed by atoms with Crippen molar-refractivity contribution in [2.45, 2.75) is 45.6 Å². The molecule has 1 aliphatic heterocycles. The van der Waals surface area contributed by atoms with Crippen LogP contribution in [0.2, 0.25) is 0 Å². The Labute approximate surface area is 172 Å². The molecule has 4 rings (SSSR count). The van der Waals surface area contributed by atoms with Crippen LogP contribution in [-0.2, 0) is 16.0 Å². The van der Waals surface area contributed by atoms with Crippen LogP contribution in [0, 0.1) is 5.41 Å². The lowest BCUT2D eigenvalue weighted by molar-refractivity contribution is -0.124. The number of hydrogen-bond donors (Lipinski definition) is 2. The maximum absolute atomic E-state index is 12.7. The molecule has 1 atom stereocenters. The first-order chi connectivity index (χ1) is 13.8. The van der Waals surface area contributed by atoms with E-state index in [1.165, 1.54) is 11.3 Å². The minimum Gasteiger partial charge on any atom is -0.368 e. The lowest BCUT2D eigenvalue weighted by Crippen LogP contribution is -2.27. The second-order valence-corrected chi connectivity index (χ2v) is 9.26. The van der Waals surface area contributed by atoms with Gasteiger partial charge in [-0.15, -0.1) is 0 Å². The van der Waals surface area contributed by atoms with Crippen molar-refractivity contribution < 1.29 is 19.1 Å². The molecule has 1 saturated heterocycles. The smallest absolute Gasteiger partial charge is 0.257 e. The van der Waals surface area contributed by atoms with E-state index >= 15 is 0 Å². The van der Waals surface area contributed by atoms with E-state index < -0.39 is 6.10 Å². The van der Waals surface area contributed by atoms with Crippen LogP contribution in [0.25, 0.3) is 0 Å². The summed E-state index contributed by atoms with van der Waals surface area (Å²) in [6.45, 7) is 4.68. The van der Waals surface area contributed by atoms with Crippen LogP contribution in [0.5, 0.6) is 0 Å². The summed E-state index contributed by atoms with van der Waals surface area (Å²) >= 11 is 1.22. The number of thiazole rings is 1. The van der Waals surface area contributed by atoms with Gasteiger partial charge in [-0.2, -0.15) is 0 Å². The Bertz CT molecular complexity index is 976. The third kappa shape index (κ3) is 4.38. The van der Waals surface area contributed by atoms with E-state index in [4.69, 9.17) is 4.74 Å². The summed E-state index contributed by atoms with van der Waals surface area (Å²) in [5.41, 5.74) is 1.57. The summed E-state index contributed by atoms with van der Waals surface area (Å²) in [7, 11) is 0. The van der Waals surface area contributed by atoms with Gasteiger partial charge in [0.2, 0.25) is 0 Å². The number of carbonyl (C=O) groups excluding carboxylic acids is 3. The summed E-state index contributed by atoms with van der Waals surface area (Å²) in [6.07, 6.45) is 2.34. The van der Waals surface area contributed by atoms with Crippen molar-refractivity contribution in [3.05, 3.63) is 40.4 Å². The number of anilines is 2. The van der Waals surface area contributed by atoms with Gasteiger partial charge in [0.05, 0.1) is 10.6 Å². The van der Waals surface area contributed by atoms with Gasteiger partial charge in [-0.1, -0.05) is 31.3 Å². The van der Waals surface area contributed by atoms with Gasteiger partial charge in [0, 0.05) is 24.3 Å². The number of ketones is 1. The zero-order valence-corrected chi connectivity index (χ0v) is 17.2. The number of fused-ring (bicyclic) bond motifs is 1. The second-order valence-electron chi connectivity index (χ2n) is 8.26. The highest BCUT2D eigenvalue weighted by Crippen LogP contribution is 2.38. The normalized spacial score (nSPS) is 20.2. The minimum absolute atomic E-state index is 0.0769. The van der Waals surface area contributed by atoms with Gasteiger partial charge in [0.25, 0.3) is 11.8 Å². The molecule has 1 aromatic heterocycles. The molecule has 0 saturated carbocycles. The molecular formula is C21H23N3O4S. The van der Waals surface area contributed by atoms with E-state index in [1.807, 2.05) is 13.8 Å². The molecule has 7 nitrogen and oxygen atoms in total. The van der Waals surface area contributed by atoms with Crippen LogP contribution in [0.3, 0.4) is 0 Å². The maximum atomic E-state index is 12.7. The Hall–Kier alpha value is -2.58. The van der Waals surface area contributed by atoms with E-state index in [0.717, 1.165) is 12.1 Å². The predicted molar refractivity (Wildman–Crippen MR) is 111 cm³/mol. The average molecular weight is 413 g/mol. The Kier molecular flexibility index (Phi) is 5.23. The molecule has 1 fully saturated rings. The van der Waals surface area contributed by atoms with Gasteiger partial charge < -0.3 is 10.1 Å². The van der Waals surface area contributed by atoms with Crippen molar-refractivity contribution in [2.24, 2.45) is 5.41 Å². The molecule has 0 bridgehead atoms. The number of Topliss-reactive ketones (excluding diaryl/α,β-unsaturated/α-hetero) is 1. The number of hydrogen-bond acceptors (Lipinski definition) is 6. The van der Waals surface area contributed by atoms with Gasteiger partial charge in [-0.25, -0.2) is 4.98 Å². The highest BCUT2D eigenvalue weighted by Gasteiger charge is 2.34. The second kappa shape index (κ2) is 7.68. The Morgan fingerprint density at radius 2 is 2.07 bits per heavy atom. The predicted octanol–water partition coefficient (Wildman–Crippen LogP) is 3.67. The Morgan fingerprint density at radius 3 is 2.83 bits per heavy atom. The highest BCUT2D eigenvalue weighted by molar-refractivity contribution is 7.17. The summed E-state index contributed by atoms with van der Waals surface area (Å²) in [5.74, 6) is -0.460. The Morgan fingerprint density at radius 1 is 1.24 bits per heavy atom. The van der Waals surface area contributed by atoms with Crippen LogP contribution >= 0.6 is 11.3 Å². The molecule has 8 heteroatoms. The molecule has 2 N–H and O–H groups in total. The average Bonchev–Trinajstić information content (AvgIpc) is 3.31. The van der Waals surface area contributed by atoms with Gasteiger partial charge in [0.1, 0.15) is 6.10 Å². The quantitative estimate of drug-likeness (QED) is 0.797. The van der Waals surface area contributed by atoms with Crippen molar-refractivity contribution in [2.75, 3.05) is 17.2 Å². The number of ether oxygens (including phenoxy) is 1. The van der Waals surface area contributed by atoms with Crippen molar-refractivity contribution in [3.8, 4) is 0 Å². The first-order valence-electron chi connectivity index (χ1n) is 9.67. The SMILES string of the molecule is CC1(C)CC(=O)c2sc(NC(=O)c3cccc(NC(=O)[C@@H]4CCCO4)c3)nc2C1. The summed E-state index contributed by atoms with van der Waals surface area (Å²) in [5, 5.41) is 5.99. The molecule has 152 valence electrons. The number of nitrogens with one attached hydrogen (secondary N) is 2. The zero-order valence-electron chi connectivity index (χ0n) is 16.4. The fourth-order valence-electron chi connectivity index (χ4n) is 3.69. The standard InChI is InChI=1S/C21H23N3O4S/c1-21(2)10-14-17(15(25)11-21)29-20(23-14)24-18(26)12-5-3-6-13(9-12)22-19(27)16-7-4-8-28-16/h3,5-6,9,16H,4,7-8,10-11H2,1-2H3,(H,22,27)(H,23,24,26)/t16-/m0/s1. The molecular weight excluding hydrogens is 390 g/mol. The highest BCUT2D eigenvalue weighted by atomic mass is 32.1. The van der Waals surface area contributed by atoms with Crippen molar-refractivity contribution in [3.63, 3.8) is 0 Å². The number of rotatable bonds is 4. The van der Waals surface area contributed by atoms with E-state index in [1.54, 1.807) is 24.3 Å². The lowest BCUT2D eigenvalue weighted by Gasteiger charge is -2.26. The van der Waals surface area contributed by atoms with Gasteiger partial charge in [-0.05, 0) is 42.9 Å². The number of nitrogens with zero attached hydrogens (tertiary/aromatic N) is 1. The molecule has 0 radical (unpaired) electrons. The summed E-state index contributed by atoms with van der Waals surface area (Å²) < 4.78 is 5.38. The van der Waals surface area contributed by atoms with Gasteiger partial charge in [0.15, 0.2) is 10.9 Å². The fourth-order valence-corrected chi connectivity index (χ4v) is 4.60. The maximum Gasteiger partial charge on any atom is 0.257 e. The molecule has 0 spiro atoms. The van der Waals surface area contributed by atoms with Crippen molar-refractivity contribution >= 4 is 39.8 Å². The number of amides is 2. The number of aromatic nitrogens is 1. The van der Waals surface area contributed by atoms with E-state index in [2.05, 4.69) is 15.6 Å². The summed E-state index contributed by atoms with van der Waals surface area (Å²) in [4.78, 5) is 42.3. The van der Waals surface area contributed by atoms with Crippen LogP contribution in [0.15, 0.2) is 24.3 Å². The zero-order chi connectivity index (χ0) is 20.6.